The van der Waals surface area contributed by atoms with Crippen LogP contribution in [0.5, 0.6) is 0 Å². The van der Waals surface area contributed by atoms with Gasteiger partial charge < -0.3 is 20.0 Å². The van der Waals surface area contributed by atoms with Crippen molar-refractivity contribution in [2.75, 3.05) is 10.6 Å². The van der Waals surface area contributed by atoms with Crippen molar-refractivity contribution in [3.63, 3.8) is 0 Å². The second-order valence-electron chi connectivity index (χ2n) is 6.41. The maximum atomic E-state index is 13.1. The first-order valence-electron chi connectivity index (χ1n) is 8.68. The fourth-order valence-corrected chi connectivity index (χ4v) is 3.24. The highest BCUT2D eigenvalue weighted by atomic mass is 16.3. The van der Waals surface area contributed by atoms with Gasteiger partial charge in [0.2, 0.25) is 5.91 Å². The number of para-hydroxylation sites is 1. The molecule has 1 aliphatic heterocycles. The minimum absolute atomic E-state index is 0.0586. The molecule has 1 unspecified atom stereocenters. The molecule has 0 saturated heterocycles. The molecule has 2 amide bonds. The summed E-state index contributed by atoms with van der Waals surface area (Å²) < 4.78 is 5.45. The van der Waals surface area contributed by atoms with Crippen molar-refractivity contribution in [1.29, 1.82) is 0 Å². The molecule has 6 nitrogen and oxygen atoms in total. The lowest BCUT2D eigenvalue weighted by Crippen LogP contribution is -2.42. The van der Waals surface area contributed by atoms with Gasteiger partial charge in [-0.1, -0.05) is 24.3 Å². The molecule has 4 rings (SSSR count). The number of anilines is 2. The summed E-state index contributed by atoms with van der Waals surface area (Å²) in [6.07, 6.45) is 1.26. The van der Waals surface area contributed by atoms with Gasteiger partial charge in [0.1, 0.15) is 11.9 Å². The van der Waals surface area contributed by atoms with Crippen molar-refractivity contribution in [1.82, 2.24) is 4.90 Å². The monoisotopic (exact) mass is 361 g/mol. The van der Waals surface area contributed by atoms with Gasteiger partial charge in [-0.05, 0) is 42.0 Å². The lowest BCUT2D eigenvalue weighted by molar-refractivity contribution is -0.114. The number of furan rings is 1. The van der Waals surface area contributed by atoms with Crippen LogP contribution in [-0.4, -0.2) is 16.7 Å². The van der Waals surface area contributed by atoms with Crippen molar-refractivity contribution in [3.8, 4) is 0 Å². The molecule has 1 aliphatic rings. The molecule has 27 heavy (non-hydrogen) atoms. The summed E-state index contributed by atoms with van der Waals surface area (Å²) in [7, 11) is 0. The number of benzene rings is 2. The molecule has 2 heterocycles. The smallest absolute Gasteiger partial charge is 0.258 e. The number of nitrogens with one attached hydrogen (secondary N) is 2. The van der Waals surface area contributed by atoms with Gasteiger partial charge in [-0.3, -0.25) is 9.59 Å². The predicted molar refractivity (Wildman–Crippen MR) is 102 cm³/mol. The van der Waals surface area contributed by atoms with Crippen LogP contribution in [-0.2, 0) is 11.3 Å². The normalized spacial score (nSPS) is 15.8. The third-order valence-electron chi connectivity index (χ3n) is 4.48. The average molecular weight is 361 g/mol. The van der Waals surface area contributed by atoms with E-state index in [-0.39, 0.29) is 18.0 Å². The maximum Gasteiger partial charge on any atom is 0.258 e. The van der Waals surface area contributed by atoms with Crippen LogP contribution in [0.2, 0.25) is 0 Å². The highest BCUT2D eigenvalue weighted by Gasteiger charge is 2.33. The van der Waals surface area contributed by atoms with Crippen molar-refractivity contribution in [3.05, 3.63) is 83.8 Å². The van der Waals surface area contributed by atoms with Crippen LogP contribution in [0.3, 0.4) is 0 Å². The van der Waals surface area contributed by atoms with Gasteiger partial charge in [0.25, 0.3) is 5.91 Å². The predicted octanol–water partition coefficient (Wildman–Crippen LogP) is 4.00. The summed E-state index contributed by atoms with van der Waals surface area (Å²) >= 11 is 0. The minimum atomic E-state index is -0.344. The number of carbonyl (C=O) groups is 2. The number of amides is 2. The fourth-order valence-electron chi connectivity index (χ4n) is 3.24. The van der Waals surface area contributed by atoms with E-state index in [2.05, 4.69) is 10.6 Å². The van der Waals surface area contributed by atoms with E-state index in [0.29, 0.717) is 23.6 Å². The van der Waals surface area contributed by atoms with E-state index in [4.69, 9.17) is 4.42 Å². The highest BCUT2D eigenvalue weighted by molar-refractivity contribution is 6.01. The summed E-state index contributed by atoms with van der Waals surface area (Å²) in [6, 6.07) is 18.6. The van der Waals surface area contributed by atoms with E-state index in [9.17, 15) is 9.59 Å². The maximum absolute atomic E-state index is 13.1. The van der Waals surface area contributed by atoms with Crippen molar-refractivity contribution < 1.29 is 14.0 Å². The molecule has 136 valence electrons. The van der Waals surface area contributed by atoms with Gasteiger partial charge in [0, 0.05) is 18.3 Å². The van der Waals surface area contributed by atoms with E-state index in [1.807, 2.05) is 60.7 Å². The zero-order chi connectivity index (χ0) is 18.8. The van der Waals surface area contributed by atoms with E-state index in [1.165, 1.54) is 6.92 Å². The SMILES string of the molecule is CC(=O)Nc1ccc(C2Nc3ccccc3C(=O)N2Cc2ccco2)cc1. The molecule has 2 N–H and O–H groups in total. The van der Waals surface area contributed by atoms with Gasteiger partial charge in [-0.15, -0.1) is 0 Å². The lowest BCUT2D eigenvalue weighted by atomic mass is 10.0. The van der Waals surface area contributed by atoms with Crippen LogP contribution in [0.1, 0.15) is 34.8 Å². The molecule has 0 fully saturated rings. The number of hydrogen-bond acceptors (Lipinski definition) is 4. The Morgan fingerprint density at radius 3 is 2.59 bits per heavy atom. The Balaban J connectivity index is 1.69. The van der Waals surface area contributed by atoms with Crippen LogP contribution in [0.25, 0.3) is 0 Å². The number of hydrogen-bond donors (Lipinski definition) is 2. The van der Waals surface area contributed by atoms with Gasteiger partial charge in [-0.25, -0.2) is 0 Å². The topological polar surface area (TPSA) is 74.6 Å². The zero-order valence-electron chi connectivity index (χ0n) is 14.8. The molecule has 1 aromatic heterocycles. The van der Waals surface area contributed by atoms with Gasteiger partial charge in [0.05, 0.1) is 18.4 Å². The molecular weight excluding hydrogens is 342 g/mol. The summed E-state index contributed by atoms with van der Waals surface area (Å²) in [4.78, 5) is 26.1. The Kier molecular flexibility index (Phi) is 4.38. The number of rotatable bonds is 4. The third kappa shape index (κ3) is 3.42. The molecular formula is C21H19N3O3. The molecule has 1 atom stereocenters. The van der Waals surface area contributed by atoms with Crippen molar-refractivity contribution >= 4 is 23.2 Å². The van der Waals surface area contributed by atoms with Crippen LogP contribution < -0.4 is 10.6 Å². The minimum Gasteiger partial charge on any atom is -0.467 e. The molecule has 2 aromatic carbocycles. The van der Waals surface area contributed by atoms with E-state index in [0.717, 1.165) is 11.3 Å². The Bertz CT molecular complexity index is 965. The second kappa shape index (κ2) is 6.99. The Morgan fingerprint density at radius 1 is 1.11 bits per heavy atom. The molecule has 0 aliphatic carbocycles. The van der Waals surface area contributed by atoms with Crippen LogP contribution in [0.4, 0.5) is 11.4 Å². The first-order valence-corrected chi connectivity index (χ1v) is 8.68. The lowest BCUT2D eigenvalue weighted by Gasteiger charge is -2.37. The van der Waals surface area contributed by atoms with E-state index >= 15 is 0 Å². The largest absolute Gasteiger partial charge is 0.467 e. The highest BCUT2D eigenvalue weighted by Crippen LogP contribution is 2.34. The van der Waals surface area contributed by atoms with Gasteiger partial charge in [-0.2, -0.15) is 0 Å². The Labute approximate surface area is 156 Å². The molecule has 0 saturated carbocycles. The zero-order valence-corrected chi connectivity index (χ0v) is 14.8. The summed E-state index contributed by atoms with van der Waals surface area (Å²) in [5.41, 5.74) is 3.06. The second-order valence-corrected chi connectivity index (χ2v) is 6.41. The van der Waals surface area contributed by atoms with Gasteiger partial charge >= 0.3 is 0 Å². The molecule has 0 bridgehead atoms. The van der Waals surface area contributed by atoms with Crippen LogP contribution in [0.15, 0.2) is 71.3 Å². The summed E-state index contributed by atoms with van der Waals surface area (Å²) in [6.45, 7) is 1.82. The van der Waals surface area contributed by atoms with Crippen molar-refractivity contribution in [2.24, 2.45) is 0 Å². The number of nitrogens with zero attached hydrogens (tertiary/aromatic N) is 1. The van der Waals surface area contributed by atoms with Crippen molar-refractivity contribution in [2.45, 2.75) is 19.6 Å². The first-order chi connectivity index (χ1) is 13.1. The van der Waals surface area contributed by atoms with Crippen LogP contribution >= 0.6 is 0 Å². The molecule has 3 aromatic rings. The standard InChI is InChI=1S/C21H19N3O3/c1-14(25)22-16-10-8-15(9-11-16)20-23-19-7-3-2-6-18(19)21(26)24(20)13-17-5-4-12-27-17/h2-12,20,23H,13H2,1H3,(H,22,25). The fraction of sp³-hybridized carbons (Fsp3) is 0.143. The molecule has 0 spiro atoms. The average Bonchev–Trinajstić information content (AvgIpc) is 3.17. The molecule has 6 heteroatoms. The Morgan fingerprint density at radius 2 is 1.89 bits per heavy atom. The van der Waals surface area contributed by atoms with Crippen LogP contribution in [0, 0.1) is 0 Å². The Hall–Kier alpha value is -3.54. The van der Waals surface area contributed by atoms with Gasteiger partial charge in [0.15, 0.2) is 0 Å². The number of carbonyl (C=O) groups excluding carboxylic acids is 2. The summed E-state index contributed by atoms with van der Waals surface area (Å²) in [5, 5.41) is 6.19. The number of fused-ring (bicyclic) bond motifs is 1. The molecule has 0 radical (unpaired) electrons. The van der Waals surface area contributed by atoms with E-state index in [1.54, 1.807) is 11.2 Å². The third-order valence-corrected chi connectivity index (χ3v) is 4.48. The first kappa shape index (κ1) is 16.9. The summed E-state index contributed by atoms with van der Waals surface area (Å²) in [5.74, 6) is 0.531. The van der Waals surface area contributed by atoms with E-state index < -0.39 is 0 Å². The quantitative estimate of drug-likeness (QED) is 0.736.